The average molecular weight is 256 g/mol. The molecular weight excluding hydrogens is 228 g/mol. The van der Waals surface area contributed by atoms with Crippen LogP contribution < -0.4 is 5.73 Å². The maximum absolute atomic E-state index is 12.0. The number of hydrogen-bond donors (Lipinski definition) is 1. The van der Waals surface area contributed by atoms with Gasteiger partial charge in [0.1, 0.15) is 6.04 Å². The van der Waals surface area contributed by atoms with Gasteiger partial charge in [-0.25, -0.2) is 0 Å². The van der Waals surface area contributed by atoms with Gasteiger partial charge in [-0.3, -0.25) is 9.69 Å². The Morgan fingerprint density at radius 3 is 2.33 bits per heavy atom. The number of carbonyl (C=O) groups excluding carboxylic acids is 1. The molecule has 4 heteroatoms. The van der Waals surface area contributed by atoms with E-state index in [1.54, 1.807) is 0 Å². The van der Waals surface area contributed by atoms with E-state index >= 15 is 0 Å². The Morgan fingerprint density at radius 1 is 1.28 bits per heavy atom. The molecule has 18 heavy (non-hydrogen) atoms. The average Bonchev–Trinajstić information content (AvgIpc) is 2.37. The van der Waals surface area contributed by atoms with Gasteiger partial charge in [0.05, 0.1) is 6.61 Å². The third kappa shape index (κ3) is 3.95. The van der Waals surface area contributed by atoms with Gasteiger partial charge in [0.2, 0.25) is 0 Å². The lowest BCUT2D eigenvalue weighted by molar-refractivity contribution is -0.151. The van der Waals surface area contributed by atoms with Gasteiger partial charge in [0.25, 0.3) is 0 Å². The molecule has 0 radical (unpaired) electrons. The fourth-order valence-corrected chi connectivity index (χ4v) is 2.94. The van der Waals surface area contributed by atoms with Crippen LogP contribution in [-0.2, 0) is 9.53 Å². The molecule has 4 nitrogen and oxygen atoms in total. The molecule has 1 aliphatic rings. The summed E-state index contributed by atoms with van der Waals surface area (Å²) in [7, 11) is 0. The van der Waals surface area contributed by atoms with E-state index in [2.05, 4.69) is 18.7 Å². The first-order chi connectivity index (χ1) is 8.63. The van der Waals surface area contributed by atoms with Gasteiger partial charge in [0.15, 0.2) is 0 Å². The van der Waals surface area contributed by atoms with E-state index in [-0.39, 0.29) is 12.0 Å². The fourth-order valence-electron chi connectivity index (χ4n) is 2.94. The van der Waals surface area contributed by atoms with E-state index in [0.717, 1.165) is 38.6 Å². The summed E-state index contributed by atoms with van der Waals surface area (Å²) in [6.07, 6.45) is 5.16. The molecule has 0 saturated heterocycles. The Labute approximate surface area is 111 Å². The maximum Gasteiger partial charge on any atom is 0.323 e. The Hall–Kier alpha value is -0.610. The van der Waals surface area contributed by atoms with E-state index in [4.69, 9.17) is 10.5 Å². The van der Waals surface area contributed by atoms with Gasteiger partial charge in [0, 0.05) is 12.1 Å². The molecule has 1 unspecified atom stereocenters. The monoisotopic (exact) mass is 256 g/mol. The highest BCUT2D eigenvalue weighted by Crippen LogP contribution is 2.24. The second-order valence-corrected chi connectivity index (χ2v) is 5.08. The number of nitrogens with zero attached hydrogens (tertiary/aromatic N) is 1. The smallest absolute Gasteiger partial charge is 0.323 e. The molecule has 0 bridgehead atoms. The van der Waals surface area contributed by atoms with E-state index in [0.29, 0.717) is 18.7 Å². The van der Waals surface area contributed by atoms with Gasteiger partial charge < -0.3 is 10.5 Å². The topological polar surface area (TPSA) is 55.6 Å². The van der Waals surface area contributed by atoms with Crippen molar-refractivity contribution in [1.29, 1.82) is 0 Å². The molecule has 0 heterocycles. The zero-order chi connectivity index (χ0) is 13.5. The number of ether oxygens (including phenoxy) is 1. The molecule has 1 saturated carbocycles. The van der Waals surface area contributed by atoms with Crippen LogP contribution in [0.3, 0.4) is 0 Å². The van der Waals surface area contributed by atoms with Gasteiger partial charge in [-0.1, -0.05) is 13.8 Å². The molecule has 0 aliphatic heterocycles. The van der Waals surface area contributed by atoms with Crippen molar-refractivity contribution in [3.8, 4) is 0 Å². The van der Waals surface area contributed by atoms with Crippen molar-refractivity contribution < 1.29 is 9.53 Å². The molecular formula is C14H28N2O2. The van der Waals surface area contributed by atoms with E-state index in [9.17, 15) is 4.79 Å². The summed E-state index contributed by atoms with van der Waals surface area (Å²) in [4.78, 5) is 14.3. The van der Waals surface area contributed by atoms with Gasteiger partial charge in [-0.2, -0.15) is 0 Å². The summed E-state index contributed by atoms with van der Waals surface area (Å²) in [5.41, 5.74) is 5.94. The summed E-state index contributed by atoms with van der Waals surface area (Å²) < 4.78 is 5.18. The molecule has 0 aromatic heterocycles. The minimum absolute atomic E-state index is 0.0725. The highest BCUT2D eigenvalue weighted by atomic mass is 16.5. The third-order valence-electron chi connectivity index (χ3n) is 3.92. The van der Waals surface area contributed by atoms with Crippen LogP contribution in [-0.4, -0.2) is 42.1 Å². The zero-order valence-electron chi connectivity index (χ0n) is 12.0. The molecule has 0 aromatic carbocycles. The summed E-state index contributed by atoms with van der Waals surface area (Å²) in [5.74, 6) is -0.0725. The molecule has 1 atom stereocenters. The predicted octanol–water partition coefficient (Wildman–Crippen LogP) is 1.92. The molecule has 0 aromatic rings. The Kier molecular flexibility index (Phi) is 6.65. The number of likely N-dealkylation sites (N-methyl/N-ethyl adjacent to an activating group) is 1. The highest BCUT2D eigenvalue weighted by molar-refractivity contribution is 5.75. The third-order valence-corrected chi connectivity index (χ3v) is 3.92. The lowest BCUT2D eigenvalue weighted by Crippen LogP contribution is -2.49. The predicted molar refractivity (Wildman–Crippen MR) is 73.3 cm³/mol. The van der Waals surface area contributed by atoms with Crippen LogP contribution in [0.1, 0.15) is 52.9 Å². The maximum atomic E-state index is 12.0. The second kappa shape index (κ2) is 7.74. The summed E-state index contributed by atoms with van der Waals surface area (Å²) in [6, 6.07) is 0.751. The molecule has 2 N–H and O–H groups in total. The standard InChI is InChI=1S/C14H28N2O2/c1-4-13(14(17)18-6-3)16(5-2)12-9-7-11(15)8-10-12/h11-13H,4-10,15H2,1-3H3. The lowest BCUT2D eigenvalue weighted by Gasteiger charge is -2.39. The summed E-state index contributed by atoms with van der Waals surface area (Å²) in [6.45, 7) is 7.40. The highest BCUT2D eigenvalue weighted by Gasteiger charge is 2.31. The molecule has 106 valence electrons. The quantitative estimate of drug-likeness (QED) is 0.738. The van der Waals surface area contributed by atoms with E-state index < -0.39 is 0 Å². The second-order valence-electron chi connectivity index (χ2n) is 5.08. The van der Waals surface area contributed by atoms with Crippen molar-refractivity contribution in [2.45, 2.75) is 71.0 Å². The van der Waals surface area contributed by atoms with Crippen LogP contribution >= 0.6 is 0 Å². The Morgan fingerprint density at radius 2 is 1.89 bits per heavy atom. The molecule has 0 spiro atoms. The first-order valence-corrected chi connectivity index (χ1v) is 7.31. The van der Waals surface area contributed by atoms with Crippen molar-refractivity contribution >= 4 is 5.97 Å². The van der Waals surface area contributed by atoms with Gasteiger partial charge in [-0.15, -0.1) is 0 Å². The minimum atomic E-state index is -0.0886. The molecule has 1 fully saturated rings. The number of nitrogens with two attached hydrogens (primary N) is 1. The van der Waals surface area contributed by atoms with E-state index in [1.807, 2.05) is 6.92 Å². The van der Waals surface area contributed by atoms with Crippen molar-refractivity contribution in [2.75, 3.05) is 13.2 Å². The largest absolute Gasteiger partial charge is 0.465 e. The summed E-state index contributed by atoms with van der Waals surface area (Å²) >= 11 is 0. The van der Waals surface area contributed by atoms with Gasteiger partial charge >= 0.3 is 5.97 Å². The number of rotatable bonds is 6. The van der Waals surface area contributed by atoms with Crippen molar-refractivity contribution in [2.24, 2.45) is 5.73 Å². The SMILES string of the molecule is CCOC(=O)C(CC)N(CC)C1CCC(N)CC1. The van der Waals surface area contributed by atoms with Crippen LogP contribution in [0, 0.1) is 0 Å². The molecule has 1 aliphatic carbocycles. The van der Waals surface area contributed by atoms with Gasteiger partial charge in [-0.05, 0) is 45.6 Å². The zero-order valence-corrected chi connectivity index (χ0v) is 12.0. The van der Waals surface area contributed by atoms with Crippen molar-refractivity contribution in [3.63, 3.8) is 0 Å². The van der Waals surface area contributed by atoms with Crippen LogP contribution in [0.25, 0.3) is 0 Å². The normalized spacial score (nSPS) is 26.1. The fraction of sp³-hybridized carbons (Fsp3) is 0.929. The van der Waals surface area contributed by atoms with Crippen LogP contribution in [0.4, 0.5) is 0 Å². The Balaban J connectivity index is 2.64. The first kappa shape index (κ1) is 15.4. The summed E-state index contributed by atoms with van der Waals surface area (Å²) in [5, 5.41) is 0. The number of hydrogen-bond acceptors (Lipinski definition) is 4. The first-order valence-electron chi connectivity index (χ1n) is 7.31. The Bertz CT molecular complexity index is 250. The molecule has 1 rings (SSSR count). The lowest BCUT2D eigenvalue weighted by atomic mass is 9.89. The number of carbonyl (C=O) groups is 1. The van der Waals surface area contributed by atoms with Crippen molar-refractivity contribution in [3.05, 3.63) is 0 Å². The van der Waals surface area contributed by atoms with Crippen molar-refractivity contribution in [1.82, 2.24) is 4.90 Å². The van der Waals surface area contributed by atoms with E-state index in [1.165, 1.54) is 0 Å². The number of esters is 1. The molecule has 0 amide bonds. The van der Waals surface area contributed by atoms with Crippen LogP contribution in [0.15, 0.2) is 0 Å². The van der Waals surface area contributed by atoms with Crippen LogP contribution in [0.2, 0.25) is 0 Å². The minimum Gasteiger partial charge on any atom is -0.465 e. The van der Waals surface area contributed by atoms with Crippen LogP contribution in [0.5, 0.6) is 0 Å².